The molecule has 3 N–H and O–H groups in total. The fourth-order valence-corrected chi connectivity index (χ4v) is 1.87. The SMILES string of the molecule is C[C@@H]1CNCCN1CCC(=O)NC(=O)NCC(F)(F)F. The normalized spacial score (nSPS) is 20.5. The molecule has 116 valence electrons. The minimum atomic E-state index is -4.49. The average molecular weight is 296 g/mol. The maximum absolute atomic E-state index is 11.8. The maximum atomic E-state index is 11.8. The summed E-state index contributed by atoms with van der Waals surface area (Å²) in [7, 11) is 0. The molecule has 1 rings (SSSR count). The summed E-state index contributed by atoms with van der Waals surface area (Å²) in [6, 6.07) is -0.837. The van der Waals surface area contributed by atoms with Gasteiger partial charge >= 0.3 is 12.2 Å². The Kier molecular flexibility index (Phi) is 6.21. The van der Waals surface area contributed by atoms with E-state index in [4.69, 9.17) is 0 Å². The minimum Gasteiger partial charge on any atom is -0.329 e. The van der Waals surface area contributed by atoms with Crippen molar-refractivity contribution in [2.24, 2.45) is 0 Å². The third-order valence-electron chi connectivity index (χ3n) is 2.97. The predicted octanol–water partition coefficient (Wildman–Crippen LogP) is 0.0583. The molecular weight excluding hydrogens is 277 g/mol. The van der Waals surface area contributed by atoms with Gasteiger partial charge in [0.05, 0.1) is 0 Å². The molecule has 0 aromatic rings. The largest absolute Gasteiger partial charge is 0.405 e. The molecule has 0 aromatic heterocycles. The summed E-state index contributed by atoms with van der Waals surface area (Å²) in [5, 5.41) is 6.66. The van der Waals surface area contributed by atoms with Gasteiger partial charge in [-0.1, -0.05) is 0 Å². The predicted molar refractivity (Wildman–Crippen MR) is 66.1 cm³/mol. The van der Waals surface area contributed by atoms with Crippen molar-refractivity contribution in [2.75, 3.05) is 32.7 Å². The van der Waals surface area contributed by atoms with E-state index in [1.54, 1.807) is 5.32 Å². The number of nitrogens with zero attached hydrogens (tertiary/aromatic N) is 1. The Morgan fingerprint density at radius 3 is 2.70 bits per heavy atom. The van der Waals surface area contributed by atoms with E-state index in [1.165, 1.54) is 0 Å². The van der Waals surface area contributed by atoms with Gasteiger partial charge in [-0.2, -0.15) is 13.2 Å². The Bertz CT molecular complexity index is 349. The number of halogens is 3. The molecule has 3 amide bonds. The molecule has 0 aromatic carbocycles. The van der Waals surface area contributed by atoms with Crippen LogP contribution in [0.4, 0.5) is 18.0 Å². The Balaban J connectivity index is 2.21. The number of hydrogen-bond donors (Lipinski definition) is 3. The Morgan fingerprint density at radius 2 is 2.10 bits per heavy atom. The summed E-state index contributed by atoms with van der Waals surface area (Å²) >= 11 is 0. The third-order valence-corrected chi connectivity index (χ3v) is 2.97. The summed E-state index contributed by atoms with van der Waals surface area (Å²) in [4.78, 5) is 24.6. The Labute approximate surface area is 115 Å². The van der Waals surface area contributed by atoms with Crippen molar-refractivity contribution in [2.45, 2.75) is 25.6 Å². The van der Waals surface area contributed by atoms with Gasteiger partial charge in [0, 0.05) is 38.6 Å². The number of carbonyl (C=O) groups is 2. The second-order valence-electron chi connectivity index (χ2n) is 4.69. The topological polar surface area (TPSA) is 73.5 Å². The number of urea groups is 1. The van der Waals surface area contributed by atoms with Crippen molar-refractivity contribution in [3.63, 3.8) is 0 Å². The van der Waals surface area contributed by atoms with Gasteiger partial charge in [0.15, 0.2) is 0 Å². The van der Waals surface area contributed by atoms with Gasteiger partial charge in [0.1, 0.15) is 6.54 Å². The smallest absolute Gasteiger partial charge is 0.329 e. The number of piperazine rings is 1. The van der Waals surface area contributed by atoms with Crippen molar-refractivity contribution < 1.29 is 22.8 Å². The van der Waals surface area contributed by atoms with Crippen LogP contribution in [0.1, 0.15) is 13.3 Å². The summed E-state index contributed by atoms with van der Waals surface area (Å²) in [6.07, 6.45) is -4.42. The van der Waals surface area contributed by atoms with Gasteiger partial charge in [0.2, 0.25) is 5.91 Å². The molecule has 20 heavy (non-hydrogen) atoms. The first-order chi connectivity index (χ1) is 9.28. The second kappa shape index (κ2) is 7.44. The molecule has 1 aliphatic rings. The van der Waals surface area contributed by atoms with E-state index in [0.717, 1.165) is 19.6 Å². The molecular formula is C11H19F3N4O2. The van der Waals surface area contributed by atoms with E-state index in [-0.39, 0.29) is 12.5 Å². The molecule has 1 atom stereocenters. The zero-order chi connectivity index (χ0) is 15.2. The fraction of sp³-hybridized carbons (Fsp3) is 0.818. The van der Waals surface area contributed by atoms with E-state index in [2.05, 4.69) is 10.2 Å². The third kappa shape index (κ3) is 6.71. The van der Waals surface area contributed by atoms with Crippen LogP contribution in [0.15, 0.2) is 0 Å². The van der Waals surface area contributed by atoms with Crippen LogP contribution in [0.5, 0.6) is 0 Å². The van der Waals surface area contributed by atoms with Crippen molar-refractivity contribution in [1.29, 1.82) is 0 Å². The van der Waals surface area contributed by atoms with Crippen LogP contribution in [0.2, 0.25) is 0 Å². The summed E-state index contributed by atoms with van der Waals surface area (Å²) in [5.41, 5.74) is 0. The van der Waals surface area contributed by atoms with Crippen LogP contribution in [0, 0.1) is 0 Å². The standard InChI is InChI=1S/C11H19F3N4O2/c1-8-6-15-3-5-18(8)4-2-9(19)17-10(20)16-7-11(12,13)14/h8,15H,2-7H2,1H3,(H2,16,17,19,20)/t8-/m1/s1. The molecule has 0 bridgehead atoms. The molecule has 0 radical (unpaired) electrons. The van der Waals surface area contributed by atoms with Crippen molar-refractivity contribution in [1.82, 2.24) is 20.9 Å². The summed E-state index contributed by atoms with van der Waals surface area (Å²) in [5.74, 6) is -0.588. The molecule has 6 nitrogen and oxygen atoms in total. The minimum absolute atomic E-state index is 0.0732. The highest BCUT2D eigenvalue weighted by molar-refractivity contribution is 5.94. The van der Waals surface area contributed by atoms with Crippen molar-refractivity contribution in [3.8, 4) is 0 Å². The number of hydrogen-bond acceptors (Lipinski definition) is 4. The van der Waals surface area contributed by atoms with Crippen LogP contribution in [-0.4, -0.2) is 61.8 Å². The van der Waals surface area contributed by atoms with Gasteiger partial charge in [-0.3, -0.25) is 15.0 Å². The molecule has 1 heterocycles. The van der Waals surface area contributed by atoms with Crippen LogP contribution in [0.3, 0.4) is 0 Å². The lowest BCUT2D eigenvalue weighted by molar-refractivity contribution is -0.124. The second-order valence-corrected chi connectivity index (χ2v) is 4.69. The zero-order valence-corrected chi connectivity index (χ0v) is 11.2. The molecule has 1 saturated heterocycles. The average Bonchev–Trinajstić information content (AvgIpc) is 2.35. The van der Waals surface area contributed by atoms with E-state index < -0.39 is 24.7 Å². The highest BCUT2D eigenvalue weighted by Crippen LogP contribution is 2.11. The quantitative estimate of drug-likeness (QED) is 0.686. The van der Waals surface area contributed by atoms with Crippen LogP contribution < -0.4 is 16.0 Å². The maximum Gasteiger partial charge on any atom is 0.405 e. The van der Waals surface area contributed by atoms with Gasteiger partial charge in [-0.05, 0) is 6.92 Å². The first kappa shape index (κ1) is 16.7. The molecule has 9 heteroatoms. The van der Waals surface area contributed by atoms with Gasteiger partial charge in [0.25, 0.3) is 0 Å². The lowest BCUT2D eigenvalue weighted by Gasteiger charge is -2.33. The van der Waals surface area contributed by atoms with Gasteiger partial charge < -0.3 is 10.6 Å². The number of alkyl halides is 3. The molecule has 0 unspecified atom stereocenters. The van der Waals surface area contributed by atoms with E-state index in [1.807, 2.05) is 12.2 Å². The van der Waals surface area contributed by atoms with Crippen LogP contribution in [0.25, 0.3) is 0 Å². The van der Waals surface area contributed by atoms with E-state index >= 15 is 0 Å². The number of amides is 3. The monoisotopic (exact) mass is 296 g/mol. The molecule has 1 aliphatic heterocycles. The van der Waals surface area contributed by atoms with E-state index in [9.17, 15) is 22.8 Å². The molecule has 0 spiro atoms. The first-order valence-electron chi connectivity index (χ1n) is 6.37. The zero-order valence-electron chi connectivity index (χ0n) is 11.2. The van der Waals surface area contributed by atoms with Crippen LogP contribution >= 0.6 is 0 Å². The summed E-state index contributed by atoms with van der Waals surface area (Å²) < 4.78 is 35.5. The van der Waals surface area contributed by atoms with Gasteiger partial charge in [-0.15, -0.1) is 0 Å². The summed E-state index contributed by atoms with van der Waals surface area (Å²) in [6.45, 7) is 3.49. The first-order valence-corrected chi connectivity index (χ1v) is 6.37. The van der Waals surface area contributed by atoms with Crippen molar-refractivity contribution in [3.05, 3.63) is 0 Å². The van der Waals surface area contributed by atoms with Crippen molar-refractivity contribution >= 4 is 11.9 Å². The number of rotatable bonds is 4. The highest BCUT2D eigenvalue weighted by atomic mass is 19.4. The number of carbonyl (C=O) groups excluding carboxylic acids is 2. The Hall–Kier alpha value is -1.35. The molecule has 1 fully saturated rings. The molecule has 0 saturated carbocycles. The fourth-order valence-electron chi connectivity index (χ4n) is 1.87. The highest BCUT2D eigenvalue weighted by Gasteiger charge is 2.28. The number of imide groups is 1. The lowest BCUT2D eigenvalue weighted by atomic mass is 10.2. The van der Waals surface area contributed by atoms with Gasteiger partial charge in [-0.25, -0.2) is 4.79 Å². The Morgan fingerprint density at radius 1 is 1.40 bits per heavy atom. The van der Waals surface area contributed by atoms with E-state index in [0.29, 0.717) is 6.54 Å². The number of nitrogens with one attached hydrogen (secondary N) is 3. The lowest BCUT2D eigenvalue weighted by Crippen LogP contribution is -2.51. The van der Waals surface area contributed by atoms with Crippen LogP contribution in [-0.2, 0) is 4.79 Å². The molecule has 0 aliphatic carbocycles.